The van der Waals surface area contributed by atoms with E-state index in [2.05, 4.69) is 10.1 Å². The van der Waals surface area contributed by atoms with Crippen molar-refractivity contribution in [3.8, 4) is 0 Å². The number of aliphatic hydroxyl groups is 3. The first-order chi connectivity index (χ1) is 18.7. The second kappa shape index (κ2) is 12.4. The first-order valence-electron chi connectivity index (χ1n) is 11.7. The molecule has 0 amide bonds. The fraction of sp³-hybridized carbons (Fsp3) is 0.269. The number of hydrogen-bond acceptors (Lipinski definition) is 7. The molecule has 0 saturated carbocycles. The zero-order valence-electron chi connectivity index (χ0n) is 21.8. The van der Waals surface area contributed by atoms with Crippen LogP contribution < -0.4 is 5.56 Å². The average molecular weight is 599 g/mol. The second-order valence-electron chi connectivity index (χ2n) is 8.81. The smallest absolute Gasteiger partial charge is 0.324 e. The molecule has 1 aromatic carbocycles. The van der Waals surface area contributed by atoms with Crippen LogP contribution in [0.3, 0.4) is 0 Å². The minimum absolute atomic E-state index is 0.142. The van der Waals surface area contributed by atoms with Gasteiger partial charge in [-0.15, -0.1) is 0 Å². The summed E-state index contributed by atoms with van der Waals surface area (Å²) in [6, 6.07) is 5.46. The van der Waals surface area contributed by atoms with E-state index in [4.69, 9.17) is 11.6 Å². The van der Waals surface area contributed by atoms with Crippen molar-refractivity contribution in [2.75, 3.05) is 6.26 Å². The molecular weight excluding hydrogens is 573 g/mol. The van der Waals surface area contributed by atoms with Gasteiger partial charge in [-0.05, 0) is 43.5 Å². The lowest BCUT2D eigenvalue weighted by Crippen LogP contribution is -2.33. The summed E-state index contributed by atoms with van der Waals surface area (Å²) < 4.78 is 58.0. The lowest BCUT2D eigenvalue weighted by Gasteiger charge is -2.16. The highest BCUT2D eigenvalue weighted by molar-refractivity contribution is 7.84. The van der Waals surface area contributed by atoms with Crippen LogP contribution in [0.25, 0.3) is 6.20 Å². The molecule has 9 nitrogen and oxygen atoms in total. The Kier molecular flexibility index (Phi) is 9.69. The third-order valence-corrected chi connectivity index (χ3v) is 7.15. The quantitative estimate of drug-likeness (QED) is 0.254. The third-order valence-electron chi connectivity index (χ3n) is 5.83. The van der Waals surface area contributed by atoms with Gasteiger partial charge in [0.15, 0.2) is 11.6 Å². The van der Waals surface area contributed by atoms with Crippen LogP contribution in [0.4, 0.5) is 13.2 Å². The molecule has 214 valence electrons. The van der Waals surface area contributed by atoms with Gasteiger partial charge in [0.05, 0.1) is 33.8 Å². The highest BCUT2D eigenvalue weighted by Crippen LogP contribution is 2.28. The maximum absolute atomic E-state index is 15.6. The molecule has 2 heterocycles. The average Bonchev–Trinajstić information content (AvgIpc) is 3.25. The molecule has 0 spiro atoms. The van der Waals surface area contributed by atoms with E-state index in [0.717, 1.165) is 10.8 Å². The Morgan fingerprint density at radius 2 is 1.98 bits per heavy atom. The molecule has 0 aliphatic carbocycles. The number of aryl methyl sites for hydroxylation is 1. The number of benzene rings is 1. The van der Waals surface area contributed by atoms with Crippen LogP contribution in [0.15, 0.2) is 63.2 Å². The van der Waals surface area contributed by atoms with Gasteiger partial charge in [-0.2, -0.15) is 9.78 Å². The first kappa shape index (κ1) is 31.2. The van der Waals surface area contributed by atoms with E-state index < -0.39 is 51.5 Å². The molecule has 40 heavy (non-hydrogen) atoms. The minimum atomic E-state index is -3.40. The molecule has 0 fully saturated rings. The molecule has 0 saturated heterocycles. The van der Waals surface area contributed by atoms with Gasteiger partial charge in [0.1, 0.15) is 16.6 Å². The maximum atomic E-state index is 15.6. The van der Waals surface area contributed by atoms with Gasteiger partial charge in [-0.25, -0.2) is 13.2 Å². The van der Waals surface area contributed by atoms with E-state index in [1.807, 2.05) is 0 Å². The molecule has 3 N–H and O–H groups in total. The Morgan fingerprint density at radius 1 is 1.30 bits per heavy atom. The zero-order chi connectivity index (χ0) is 29.9. The van der Waals surface area contributed by atoms with Crippen molar-refractivity contribution in [1.82, 2.24) is 14.3 Å². The van der Waals surface area contributed by atoms with Gasteiger partial charge in [0, 0.05) is 30.1 Å². The van der Waals surface area contributed by atoms with Crippen LogP contribution in [0, 0.1) is 18.6 Å². The number of aliphatic imine (C=N–C) groups is 1. The fourth-order valence-electron chi connectivity index (χ4n) is 3.85. The van der Waals surface area contributed by atoms with Gasteiger partial charge in [0.2, 0.25) is 0 Å². The van der Waals surface area contributed by atoms with E-state index in [1.165, 1.54) is 49.7 Å². The molecule has 0 aliphatic heterocycles. The molecule has 14 heteroatoms. The summed E-state index contributed by atoms with van der Waals surface area (Å²) in [5.74, 6) is -3.55. The van der Waals surface area contributed by atoms with Gasteiger partial charge < -0.3 is 15.3 Å². The number of allylic oxidation sites excluding steroid dienone is 2. The number of hydrogen-bond donors (Lipinski definition) is 3. The zero-order valence-corrected chi connectivity index (χ0v) is 23.3. The standard InChI is InChI=1S/C26H26ClF3N4O5S/c1-5-9-31-24(16-7-6-8-21(23(16)30)40(4)39)19(29)12-33-15(3)11-17(22(27)25(33)35)14(2)10-20-18(28)13-34(32-20)26(36,37)38/h5-9,11-14,36-38H,10H2,1-4H3/b9-5+,19-12-,31-24+. The second-order valence-corrected chi connectivity index (χ2v) is 10.5. The SMILES string of the molecule is C/C=C/N=C(/C(F)=C/n1c(C)cc(C(C)Cc2nn(C(O)(O)O)cc2F)c(Cl)c1=O)c1cccc(S(C)=O)c1F. The number of rotatable bonds is 9. The summed E-state index contributed by atoms with van der Waals surface area (Å²) in [6.07, 6.45) is 1.86. The number of pyridine rings is 1. The lowest BCUT2D eigenvalue weighted by atomic mass is 9.96. The Morgan fingerprint density at radius 3 is 2.55 bits per heavy atom. The molecule has 0 radical (unpaired) electrons. The van der Waals surface area contributed by atoms with E-state index in [0.29, 0.717) is 6.20 Å². The molecule has 3 aromatic rings. The topological polar surface area (TPSA) is 130 Å². The molecule has 2 aromatic heterocycles. The molecular formula is C26H26ClF3N4O5S. The molecule has 3 rings (SSSR count). The fourth-order valence-corrected chi connectivity index (χ4v) is 4.81. The van der Waals surface area contributed by atoms with E-state index in [9.17, 15) is 28.7 Å². The van der Waals surface area contributed by atoms with Crippen LogP contribution in [0.1, 0.15) is 42.3 Å². The van der Waals surface area contributed by atoms with Crippen molar-refractivity contribution >= 4 is 34.3 Å². The first-order valence-corrected chi connectivity index (χ1v) is 13.6. The van der Waals surface area contributed by atoms with Crippen LogP contribution in [0.5, 0.6) is 0 Å². The highest BCUT2D eigenvalue weighted by Gasteiger charge is 2.27. The summed E-state index contributed by atoms with van der Waals surface area (Å²) >= 11 is 6.33. The highest BCUT2D eigenvalue weighted by atomic mass is 35.5. The summed E-state index contributed by atoms with van der Waals surface area (Å²) in [7, 11) is -1.69. The molecule has 2 unspecified atom stereocenters. The van der Waals surface area contributed by atoms with Crippen LogP contribution >= 0.6 is 11.6 Å². The van der Waals surface area contributed by atoms with Crippen LogP contribution in [-0.4, -0.2) is 45.8 Å². The van der Waals surface area contributed by atoms with Crippen molar-refractivity contribution in [2.45, 2.75) is 44.1 Å². The maximum Gasteiger partial charge on any atom is 0.389 e. The van der Waals surface area contributed by atoms with Gasteiger partial charge >= 0.3 is 6.10 Å². The predicted molar refractivity (Wildman–Crippen MR) is 145 cm³/mol. The molecule has 2 atom stereocenters. The number of aromatic nitrogens is 3. The summed E-state index contributed by atoms with van der Waals surface area (Å²) in [5, 5.41) is 30.9. The van der Waals surface area contributed by atoms with E-state index >= 15 is 8.78 Å². The van der Waals surface area contributed by atoms with Gasteiger partial charge in [0.25, 0.3) is 5.56 Å². The Bertz CT molecular complexity index is 1610. The monoisotopic (exact) mass is 598 g/mol. The van der Waals surface area contributed by atoms with Gasteiger partial charge in [-0.3, -0.25) is 18.6 Å². The van der Waals surface area contributed by atoms with Crippen molar-refractivity contribution in [3.63, 3.8) is 0 Å². The normalized spacial score (nSPS) is 14.7. The van der Waals surface area contributed by atoms with Gasteiger partial charge in [-0.1, -0.05) is 30.7 Å². The number of halogens is 4. The largest absolute Gasteiger partial charge is 0.389 e. The van der Waals surface area contributed by atoms with Crippen molar-refractivity contribution in [1.29, 1.82) is 0 Å². The Labute approximate surface area is 234 Å². The summed E-state index contributed by atoms with van der Waals surface area (Å²) in [4.78, 5) is 17.0. The van der Waals surface area contributed by atoms with Crippen LogP contribution in [-0.2, 0) is 23.3 Å². The summed E-state index contributed by atoms with van der Waals surface area (Å²) in [6.45, 7) is 4.72. The predicted octanol–water partition coefficient (Wildman–Crippen LogP) is 3.70. The third kappa shape index (κ3) is 6.67. The van der Waals surface area contributed by atoms with Crippen molar-refractivity contribution in [3.05, 3.63) is 98.1 Å². The summed E-state index contributed by atoms with van der Waals surface area (Å²) in [5.41, 5.74) is -1.26. The molecule has 0 aliphatic rings. The molecule has 0 bridgehead atoms. The van der Waals surface area contributed by atoms with Crippen LogP contribution in [0.2, 0.25) is 5.02 Å². The van der Waals surface area contributed by atoms with Crippen molar-refractivity contribution in [2.24, 2.45) is 4.99 Å². The lowest BCUT2D eigenvalue weighted by molar-refractivity contribution is -0.381. The van der Waals surface area contributed by atoms with E-state index in [1.54, 1.807) is 13.8 Å². The van der Waals surface area contributed by atoms with E-state index in [-0.39, 0.29) is 43.5 Å². The minimum Gasteiger partial charge on any atom is -0.324 e. The Balaban J connectivity index is 2.04. The van der Waals surface area contributed by atoms with Crippen molar-refractivity contribution < 1.29 is 32.7 Å². The number of nitrogens with zero attached hydrogens (tertiary/aromatic N) is 4. The Hall–Kier alpha value is -3.36.